The lowest BCUT2D eigenvalue weighted by Gasteiger charge is -2.37. The third-order valence-electron chi connectivity index (χ3n) is 4.91. The largest absolute Gasteiger partial charge is 0.394 e. The van der Waals surface area contributed by atoms with Crippen molar-refractivity contribution in [2.24, 2.45) is 11.7 Å². The van der Waals surface area contributed by atoms with Crippen molar-refractivity contribution >= 4 is 45.0 Å². The lowest BCUT2D eigenvalue weighted by Crippen LogP contribution is -2.58. The van der Waals surface area contributed by atoms with E-state index in [1.54, 1.807) is 4.90 Å². The van der Waals surface area contributed by atoms with Crippen molar-refractivity contribution in [3.8, 4) is 0 Å². The van der Waals surface area contributed by atoms with Gasteiger partial charge >= 0.3 is 0 Å². The summed E-state index contributed by atoms with van der Waals surface area (Å²) in [5.74, 6) is -0.471. The molecule has 2 amide bonds. The van der Waals surface area contributed by atoms with Crippen molar-refractivity contribution in [2.45, 2.75) is 37.2 Å². The van der Waals surface area contributed by atoms with E-state index in [2.05, 4.69) is 4.72 Å². The third kappa shape index (κ3) is 6.77. The molecule has 12 heteroatoms. The first-order valence-corrected chi connectivity index (χ1v) is 12.1. The number of carbonyl (C=O) groups excluding carboxylic acids is 2. The van der Waals surface area contributed by atoms with Gasteiger partial charge in [-0.15, -0.1) is 0 Å². The van der Waals surface area contributed by atoms with Gasteiger partial charge in [-0.3, -0.25) is 9.59 Å². The Hall–Kier alpha value is -1.43. The van der Waals surface area contributed by atoms with Gasteiger partial charge in [0.2, 0.25) is 21.8 Å². The Bertz CT molecular complexity index is 905. The quantitative estimate of drug-likeness (QED) is 0.486. The molecule has 1 aliphatic heterocycles. The number of aliphatic hydroxyl groups excluding tert-OH is 1. The first kappa shape index (κ1) is 25.8. The van der Waals surface area contributed by atoms with Crippen LogP contribution in [0.1, 0.15) is 20.3 Å². The fourth-order valence-electron chi connectivity index (χ4n) is 3.32. The van der Waals surface area contributed by atoms with Gasteiger partial charge < -0.3 is 20.6 Å². The minimum atomic E-state index is -4.18. The fourth-order valence-corrected chi connectivity index (χ4v) is 5.27. The Morgan fingerprint density at radius 3 is 2.16 bits per heavy atom. The van der Waals surface area contributed by atoms with E-state index in [-0.39, 0.29) is 52.9 Å². The Morgan fingerprint density at radius 1 is 1.13 bits per heavy atom. The number of carbonyl (C=O) groups is 2. The van der Waals surface area contributed by atoms with Gasteiger partial charge in [0.25, 0.3) is 0 Å². The lowest BCUT2D eigenvalue weighted by atomic mass is 10.0. The first-order chi connectivity index (χ1) is 14.5. The van der Waals surface area contributed by atoms with Crippen molar-refractivity contribution in [3.05, 3.63) is 28.2 Å². The minimum absolute atomic E-state index is 0.103. The molecule has 9 nitrogen and oxygen atoms in total. The van der Waals surface area contributed by atoms with Crippen LogP contribution in [0.25, 0.3) is 0 Å². The van der Waals surface area contributed by atoms with Gasteiger partial charge in [0, 0.05) is 31.2 Å². The molecule has 1 aromatic carbocycles. The van der Waals surface area contributed by atoms with Crippen molar-refractivity contribution in [1.29, 1.82) is 0 Å². The van der Waals surface area contributed by atoms with E-state index < -0.39 is 34.6 Å². The van der Waals surface area contributed by atoms with Crippen LogP contribution < -0.4 is 10.5 Å². The fraction of sp³-hybridized carbons (Fsp3) is 0.579. The molecule has 0 bridgehead atoms. The summed E-state index contributed by atoms with van der Waals surface area (Å²) in [7, 11) is -4.18. The van der Waals surface area contributed by atoms with Gasteiger partial charge in [0.1, 0.15) is 10.9 Å². The number of nitrogens with one attached hydrogen (secondary N) is 1. The molecule has 4 N–H and O–H groups in total. The Kier molecular flexibility index (Phi) is 9.11. The molecular formula is C19H28Cl2N4O5S. The van der Waals surface area contributed by atoms with Crippen molar-refractivity contribution in [1.82, 2.24) is 14.5 Å². The Labute approximate surface area is 192 Å². The standard InChI is InChI=1S/C19H28Cl2N4O5S/c1-12(2)9-15(22)18(27)24-5-7-25(8-6-24)19(28)16(11-26)23-31(29,30)17-4-3-13(20)10-14(17)21/h3-4,10,12,15-16,23,26H,5-9,11,22H2,1-2H3/t15-,16-/m0/s1. The Morgan fingerprint density at radius 2 is 1.68 bits per heavy atom. The van der Waals surface area contributed by atoms with E-state index in [0.29, 0.717) is 6.42 Å². The minimum Gasteiger partial charge on any atom is -0.394 e. The molecule has 0 aromatic heterocycles. The molecule has 1 aromatic rings. The number of hydrogen-bond acceptors (Lipinski definition) is 6. The number of benzene rings is 1. The number of piperazine rings is 1. The number of amides is 2. The highest BCUT2D eigenvalue weighted by molar-refractivity contribution is 7.89. The van der Waals surface area contributed by atoms with Crippen LogP contribution in [0.3, 0.4) is 0 Å². The molecule has 0 aliphatic carbocycles. The monoisotopic (exact) mass is 494 g/mol. The van der Waals surface area contributed by atoms with E-state index in [1.807, 2.05) is 13.8 Å². The summed E-state index contributed by atoms with van der Waals surface area (Å²) in [4.78, 5) is 28.0. The summed E-state index contributed by atoms with van der Waals surface area (Å²) in [6.07, 6.45) is 0.569. The first-order valence-electron chi connectivity index (χ1n) is 9.87. The van der Waals surface area contributed by atoms with Gasteiger partial charge in [-0.05, 0) is 30.5 Å². The summed E-state index contributed by atoms with van der Waals surface area (Å²) in [5.41, 5.74) is 5.96. The summed E-state index contributed by atoms with van der Waals surface area (Å²) in [6.45, 7) is 4.21. The summed E-state index contributed by atoms with van der Waals surface area (Å²) in [6, 6.07) is 1.87. The predicted molar refractivity (Wildman–Crippen MR) is 118 cm³/mol. The van der Waals surface area contributed by atoms with Crippen LogP contribution >= 0.6 is 23.2 Å². The van der Waals surface area contributed by atoms with Gasteiger partial charge in [-0.1, -0.05) is 37.0 Å². The molecule has 1 fully saturated rings. The van der Waals surface area contributed by atoms with Crippen LogP contribution in [0.4, 0.5) is 0 Å². The molecule has 0 radical (unpaired) electrons. The number of hydrogen-bond donors (Lipinski definition) is 3. The number of nitrogens with zero attached hydrogens (tertiary/aromatic N) is 2. The molecule has 1 aliphatic rings. The zero-order valence-corrected chi connectivity index (χ0v) is 19.8. The lowest BCUT2D eigenvalue weighted by molar-refractivity contribution is -0.141. The average molecular weight is 495 g/mol. The molecule has 0 saturated carbocycles. The zero-order chi connectivity index (χ0) is 23.3. The van der Waals surface area contributed by atoms with Gasteiger partial charge in [-0.25, -0.2) is 8.42 Å². The molecule has 174 valence electrons. The van der Waals surface area contributed by atoms with E-state index in [0.717, 1.165) is 0 Å². The van der Waals surface area contributed by atoms with Gasteiger partial charge in [-0.2, -0.15) is 4.72 Å². The summed E-state index contributed by atoms with van der Waals surface area (Å²) >= 11 is 11.8. The van der Waals surface area contributed by atoms with Crippen LogP contribution in [0.2, 0.25) is 10.0 Å². The second-order valence-corrected chi connectivity index (χ2v) is 10.3. The highest BCUT2D eigenvalue weighted by Crippen LogP contribution is 2.25. The molecule has 2 rings (SSSR count). The van der Waals surface area contributed by atoms with E-state index in [1.165, 1.54) is 23.1 Å². The van der Waals surface area contributed by atoms with Crippen LogP contribution in [-0.4, -0.2) is 80.0 Å². The molecule has 31 heavy (non-hydrogen) atoms. The Balaban J connectivity index is 2.01. The number of sulfonamides is 1. The molecular weight excluding hydrogens is 467 g/mol. The molecule has 1 heterocycles. The summed E-state index contributed by atoms with van der Waals surface area (Å²) in [5, 5.41) is 9.80. The normalized spacial score (nSPS) is 17.0. The highest BCUT2D eigenvalue weighted by atomic mass is 35.5. The van der Waals surface area contributed by atoms with E-state index >= 15 is 0 Å². The van der Waals surface area contributed by atoms with Crippen molar-refractivity contribution < 1.29 is 23.1 Å². The second-order valence-electron chi connectivity index (χ2n) is 7.82. The van der Waals surface area contributed by atoms with Crippen LogP contribution in [0.5, 0.6) is 0 Å². The zero-order valence-electron chi connectivity index (χ0n) is 17.4. The van der Waals surface area contributed by atoms with E-state index in [9.17, 15) is 23.1 Å². The van der Waals surface area contributed by atoms with Crippen LogP contribution in [0, 0.1) is 5.92 Å². The summed E-state index contributed by atoms with van der Waals surface area (Å²) < 4.78 is 27.5. The maximum Gasteiger partial charge on any atom is 0.243 e. The molecule has 0 spiro atoms. The highest BCUT2D eigenvalue weighted by Gasteiger charge is 2.33. The third-order valence-corrected chi connectivity index (χ3v) is 7.10. The number of aliphatic hydroxyl groups is 1. The maximum atomic E-state index is 12.8. The molecule has 1 saturated heterocycles. The van der Waals surface area contributed by atoms with Gasteiger partial charge in [0.05, 0.1) is 17.7 Å². The van der Waals surface area contributed by atoms with Crippen molar-refractivity contribution in [2.75, 3.05) is 32.8 Å². The topological polar surface area (TPSA) is 133 Å². The SMILES string of the molecule is CC(C)C[C@H](N)C(=O)N1CCN(C(=O)[C@H](CO)NS(=O)(=O)c2ccc(Cl)cc2Cl)CC1. The maximum absolute atomic E-state index is 12.8. The number of nitrogens with two attached hydrogens (primary N) is 1. The smallest absolute Gasteiger partial charge is 0.243 e. The molecule has 0 unspecified atom stereocenters. The van der Waals surface area contributed by atoms with Crippen LogP contribution in [0.15, 0.2) is 23.1 Å². The van der Waals surface area contributed by atoms with Crippen molar-refractivity contribution in [3.63, 3.8) is 0 Å². The average Bonchev–Trinajstić information content (AvgIpc) is 2.70. The van der Waals surface area contributed by atoms with E-state index in [4.69, 9.17) is 28.9 Å². The van der Waals surface area contributed by atoms with Gasteiger partial charge in [0.15, 0.2) is 0 Å². The number of rotatable bonds is 8. The number of halogens is 2. The molecule has 2 atom stereocenters. The van der Waals surface area contributed by atoms with Crippen LogP contribution in [-0.2, 0) is 19.6 Å². The second kappa shape index (κ2) is 10.9. The predicted octanol–water partition coefficient (Wildman–Crippen LogP) is 0.677.